The molecule has 0 radical (unpaired) electrons. The molecule has 548 valence electrons. The number of esters is 5. The van der Waals surface area contributed by atoms with Crippen molar-refractivity contribution in [3.8, 4) is 0 Å². The average Bonchev–Trinajstić information content (AvgIpc) is 1.53. The monoisotopic (exact) mass is 1390 g/mol. The second-order valence-corrected chi connectivity index (χ2v) is 29.0. The number of hydrogen-bond donors (Lipinski definition) is 3. The van der Waals surface area contributed by atoms with Crippen molar-refractivity contribution >= 4 is 29.8 Å². The highest BCUT2D eigenvalue weighted by Crippen LogP contribution is 2.58. The van der Waals surface area contributed by atoms with Gasteiger partial charge in [0, 0.05) is 11.8 Å². The van der Waals surface area contributed by atoms with E-state index in [1.807, 2.05) is 6.92 Å². The highest BCUT2D eigenvalue weighted by Gasteiger charge is 2.68. The zero-order valence-corrected chi connectivity index (χ0v) is 54.7. The molecule has 3 N–H and O–H groups in total. The van der Waals surface area contributed by atoms with E-state index in [4.69, 9.17) is 52.1 Å². The number of carbonyl (C=O) groups is 5. The molecule has 6 aliphatic heterocycles. The Kier molecular flexibility index (Phi) is 24.6. The van der Waals surface area contributed by atoms with Crippen LogP contribution in [0, 0.1) is 57.7 Å². The van der Waals surface area contributed by atoms with Gasteiger partial charge in [-0.25, -0.2) is 9.59 Å². The molecule has 94 heavy (non-hydrogen) atoms. The molecule has 6 saturated heterocycles. The van der Waals surface area contributed by atoms with Crippen LogP contribution in [0.3, 0.4) is 0 Å². The maximum absolute atomic E-state index is 13.3. The first-order chi connectivity index (χ1) is 41.4. The first kappa shape index (κ1) is 82.6. The van der Waals surface area contributed by atoms with Crippen LogP contribution in [-0.2, 0) is 76.1 Å². The summed E-state index contributed by atoms with van der Waals surface area (Å²) in [5.74, 6) is -7.26. The fourth-order valence-corrected chi connectivity index (χ4v) is 12.9. The molecule has 0 aromatic carbocycles. The molecule has 9 fully saturated rings. The maximum Gasteiger partial charge on any atom is 0.417 e. The van der Waals surface area contributed by atoms with Crippen molar-refractivity contribution in [2.45, 2.75) is 311 Å². The number of aliphatic hydroxyl groups is 3. The summed E-state index contributed by atoms with van der Waals surface area (Å²) in [5.41, 5.74) is -13.5. The normalized spacial score (nSPS) is 36.3. The van der Waals surface area contributed by atoms with Crippen LogP contribution in [0.25, 0.3) is 0 Å². The average molecular weight is 1390 g/mol. The van der Waals surface area contributed by atoms with E-state index in [1.165, 1.54) is 6.92 Å². The Labute approximate surface area is 541 Å². The van der Waals surface area contributed by atoms with Crippen LogP contribution < -0.4 is 0 Å². The van der Waals surface area contributed by atoms with E-state index in [1.54, 1.807) is 62.3 Å². The van der Waals surface area contributed by atoms with E-state index in [9.17, 15) is 92.0 Å². The third-order valence-corrected chi connectivity index (χ3v) is 20.7. The van der Waals surface area contributed by atoms with Gasteiger partial charge in [-0.1, -0.05) is 49.5 Å². The van der Waals surface area contributed by atoms with E-state index < -0.39 is 204 Å². The van der Waals surface area contributed by atoms with Gasteiger partial charge in [0.15, 0.2) is 70.8 Å². The Balaban J connectivity index is 0.000000268. The molecular weight excluding hydrogens is 1290 g/mol. The number of carbonyl (C=O) groups excluding carboxylic acids is 5. The largest absolute Gasteiger partial charge is 0.462 e. The number of ether oxygens (including phenoxy) is 11. The van der Waals surface area contributed by atoms with Gasteiger partial charge in [0.05, 0.1) is 10.8 Å². The first-order valence-corrected chi connectivity index (χ1v) is 30.9. The molecule has 3 aliphatic carbocycles. The van der Waals surface area contributed by atoms with Crippen molar-refractivity contribution in [2.24, 2.45) is 57.7 Å². The highest BCUT2D eigenvalue weighted by molar-refractivity contribution is 5.85. The number of alkyl halides is 12. The predicted octanol–water partition coefficient (Wildman–Crippen LogP) is 12.1. The minimum Gasteiger partial charge on any atom is -0.462 e. The fourth-order valence-electron chi connectivity index (χ4n) is 12.9. The Morgan fingerprint density at radius 3 is 1.20 bits per heavy atom. The molecule has 21 unspecified atom stereocenters. The lowest BCUT2D eigenvalue weighted by molar-refractivity contribution is -0.299. The van der Waals surface area contributed by atoms with Crippen LogP contribution in [0.15, 0.2) is 0 Å². The Morgan fingerprint density at radius 2 is 0.872 bits per heavy atom. The summed E-state index contributed by atoms with van der Waals surface area (Å²) < 4.78 is 217. The van der Waals surface area contributed by atoms with Gasteiger partial charge < -0.3 is 67.4 Å². The second-order valence-electron chi connectivity index (χ2n) is 29.0. The van der Waals surface area contributed by atoms with Crippen molar-refractivity contribution in [1.29, 1.82) is 0 Å². The molecule has 9 rings (SSSR count). The molecule has 19 nitrogen and oxygen atoms in total. The zero-order valence-electron chi connectivity index (χ0n) is 54.7. The molecule has 0 aromatic heterocycles. The molecule has 2 bridgehead atoms. The van der Waals surface area contributed by atoms with Crippen LogP contribution in [0.2, 0.25) is 0 Å². The maximum atomic E-state index is 13.3. The van der Waals surface area contributed by atoms with Crippen molar-refractivity contribution < 1.29 is 144 Å². The van der Waals surface area contributed by atoms with E-state index in [0.29, 0.717) is 50.4 Å². The smallest absolute Gasteiger partial charge is 0.417 e. The SMILES string of the molecule is C.C.CC1C2CC(CC(C)(O)C(F)(F)F)C(C2)C1C.CCC(C)(C(=O)OC1C(=O)OC2C3OC(C)(C)OC3OC12)C(F)(F)F.CCC(C)(C)C(=O)OC1C(=O)OC2C3OC(C)(C)OC3OC12.CCC(C)(C)C(=O)OC1CC(C(C)(O)C(F)(F)F)CC(C(C)(O)C(F)(F)F)C1. The quantitative estimate of drug-likeness (QED) is 0.0881. The van der Waals surface area contributed by atoms with Crippen molar-refractivity contribution in [2.75, 3.05) is 0 Å². The minimum atomic E-state index is -5.10. The van der Waals surface area contributed by atoms with Crippen LogP contribution in [0.5, 0.6) is 0 Å². The summed E-state index contributed by atoms with van der Waals surface area (Å²) in [6.07, 6.45) is -28.8. The van der Waals surface area contributed by atoms with Crippen LogP contribution >= 0.6 is 0 Å². The summed E-state index contributed by atoms with van der Waals surface area (Å²) in [5, 5.41) is 29.5. The molecule has 0 spiro atoms. The van der Waals surface area contributed by atoms with Gasteiger partial charge in [0.1, 0.15) is 18.3 Å². The van der Waals surface area contributed by atoms with Gasteiger partial charge in [-0.3, -0.25) is 14.4 Å². The minimum absolute atomic E-state index is 0. The summed E-state index contributed by atoms with van der Waals surface area (Å²) in [7, 11) is 0. The lowest BCUT2D eigenvalue weighted by Gasteiger charge is -2.46. The molecule has 31 heteroatoms. The Bertz CT molecular complexity index is 2620. The first-order valence-electron chi connectivity index (χ1n) is 30.9. The van der Waals surface area contributed by atoms with Gasteiger partial charge >= 0.3 is 54.6 Å². The summed E-state index contributed by atoms with van der Waals surface area (Å²) >= 11 is 0. The van der Waals surface area contributed by atoms with Gasteiger partial charge in [-0.2, -0.15) is 52.7 Å². The van der Waals surface area contributed by atoms with E-state index >= 15 is 0 Å². The van der Waals surface area contributed by atoms with E-state index in [2.05, 4.69) is 13.8 Å². The van der Waals surface area contributed by atoms with Crippen molar-refractivity contribution in [1.82, 2.24) is 0 Å². The molecular formula is C63H98F12O19. The molecule has 21 atom stereocenters. The van der Waals surface area contributed by atoms with Crippen LogP contribution in [-0.4, -0.2) is 166 Å². The number of halogens is 12. The van der Waals surface area contributed by atoms with Gasteiger partial charge in [0.25, 0.3) is 0 Å². The zero-order chi connectivity index (χ0) is 70.4. The van der Waals surface area contributed by atoms with Crippen molar-refractivity contribution in [3.05, 3.63) is 0 Å². The standard InChI is InChI=1S/C18H28F6O4.C15H19F3O7.C15H22O7.C13H21F3O.2CH4/c1-6-14(2,3)13(25)28-12-8-10(15(4,26)17(19,20)21)7-11(9-12)16(5,27)18(22,23)24;1-5-14(4,15(16,17)18)12(20)23-8-6-7(21-10(8)19)9-11(22-6)25-13(2,3)24-9;1-6-14(2,3)13(17)20-9-7-8(18-11(9)16)10-12(19-7)22-15(4,5)21-10;1-7-8(2)11-5-9(7)4-10(11)6-12(3,17)13(14,15)16;;/h10-12,26-27H,6-9H2,1-5H3;6-9,11H,5H2,1-4H3;7-10,12H,6H2,1-5H3;7-11,17H,4-6H2,1-3H3;2*1H4. The van der Waals surface area contributed by atoms with Crippen LogP contribution in [0.4, 0.5) is 52.7 Å². The predicted molar refractivity (Wildman–Crippen MR) is 306 cm³/mol. The molecule has 0 aromatic rings. The highest BCUT2D eigenvalue weighted by atomic mass is 19.4. The molecule has 6 heterocycles. The number of hydrogen-bond acceptors (Lipinski definition) is 19. The molecule has 0 amide bonds. The van der Waals surface area contributed by atoms with Crippen molar-refractivity contribution in [3.63, 3.8) is 0 Å². The number of rotatable bonds is 13. The van der Waals surface area contributed by atoms with E-state index in [0.717, 1.165) is 26.7 Å². The van der Waals surface area contributed by atoms with Gasteiger partial charge in [0.2, 0.25) is 12.2 Å². The third kappa shape index (κ3) is 16.7. The van der Waals surface area contributed by atoms with Crippen LogP contribution in [0.1, 0.15) is 190 Å². The summed E-state index contributed by atoms with van der Waals surface area (Å²) in [6.45, 7) is 25.2. The Hall–Kier alpha value is -3.85. The summed E-state index contributed by atoms with van der Waals surface area (Å²) in [6, 6.07) is 0. The topological polar surface area (TPSA) is 248 Å². The lowest BCUT2D eigenvalue weighted by Crippen LogP contribution is -2.57. The second kappa shape index (κ2) is 28.1. The third-order valence-electron chi connectivity index (χ3n) is 20.7. The lowest BCUT2D eigenvalue weighted by atomic mass is 9.67. The fraction of sp³-hybridized carbons (Fsp3) is 0.921. The Morgan fingerprint density at radius 1 is 0.489 bits per heavy atom. The summed E-state index contributed by atoms with van der Waals surface area (Å²) in [4.78, 5) is 60.6. The number of fused-ring (bicyclic) bond motifs is 8. The molecule has 3 saturated carbocycles. The molecule has 9 aliphatic rings. The van der Waals surface area contributed by atoms with Gasteiger partial charge in [-0.15, -0.1) is 0 Å². The van der Waals surface area contributed by atoms with Gasteiger partial charge in [-0.05, 0) is 170 Å². The van der Waals surface area contributed by atoms with E-state index in [-0.39, 0.29) is 27.2 Å².